The number of sulfonamides is 1. The Morgan fingerprint density at radius 2 is 1.79 bits per heavy atom. The summed E-state index contributed by atoms with van der Waals surface area (Å²) in [5, 5.41) is 0.484. The van der Waals surface area contributed by atoms with E-state index in [1.54, 1.807) is 25.1 Å². The van der Waals surface area contributed by atoms with E-state index in [-0.39, 0.29) is 9.92 Å². The van der Waals surface area contributed by atoms with Crippen molar-refractivity contribution in [3.8, 4) is 11.3 Å². The maximum atomic E-state index is 12.9. The molecule has 0 atom stereocenters. The molecule has 0 aliphatic heterocycles. The van der Waals surface area contributed by atoms with Crippen LogP contribution in [0.4, 0.5) is 5.69 Å². The third-order valence-electron chi connectivity index (χ3n) is 4.53. The average Bonchev–Trinajstić information content (AvgIpc) is 3.07. The Bertz CT molecular complexity index is 1350. The van der Waals surface area contributed by atoms with E-state index >= 15 is 0 Å². The molecule has 2 aromatic heterocycles. The second kappa shape index (κ2) is 7.37. The van der Waals surface area contributed by atoms with E-state index in [9.17, 15) is 8.42 Å². The van der Waals surface area contributed by atoms with Crippen molar-refractivity contribution in [3.63, 3.8) is 0 Å². The lowest BCUT2D eigenvalue weighted by Crippen LogP contribution is -2.13. The van der Waals surface area contributed by atoms with Gasteiger partial charge >= 0.3 is 0 Å². The number of nitrogens with one attached hydrogen (secondary N) is 1. The number of pyridine rings is 1. The number of benzene rings is 2. The van der Waals surface area contributed by atoms with Gasteiger partial charge in [0.25, 0.3) is 10.0 Å². The van der Waals surface area contributed by atoms with E-state index in [0.29, 0.717) is 16.3 Å². The number of fused-ring (bicyclic) bond motifs is 1. The minimum Gasteiger partial charge on any atom is -0.306 e. The van der Waals surface area contributed by atoms with Gasteiger partial charge in [-0.05, 0) is 61.4 Å². The van der Waals surface area contributed by atoms with Crippen LogP contribution in [0.25, 0.3) is 16.9 Å². The molecular weight excluding hydrogens is 429 g/mol. The molecule has 0 aliphatic carbocycles. The summed E-state index contributed by atoms with van der Waals surface area (Å²) in [5.74, 6) is 0. The molecule has 0 saturated heterocycles. The molecule has 0 bridgehead atoms. The molecule has 0 radical (unpaired) electrons. The molecule has 8 heteroatoms. The molecule has 0 spiro atoms. The quantitative estimate of drug-likeness (QED) is 0.436. The lowest BCUT2D eigenvalue weighted by molar-refractivity contribution is 0.601. The highest BCUT2D eigenvalue weighted by molar-refractivity contribution is 7.92. The number of halogens is 2. The van der Waals surface area contributed by atoms with Gasteiger partial charge in [-0.2, -0.15) is 0 Å². The summed E-state index contributed by atoms with van der Waals surface area (Å²) in [4.78, 5) is 4.61. The smallest absolute Gasteiger partial charge is 0.263 e. The Hall–Kier alpha value is -2.54. The molecule has 0 amide bonds. The van der Waals surface area contributed by atoms with Gasteiger partial charge < -0.3 is 4.40 Å². The van der Waals surface area contributed by atoms with E-state index in [2.05, 4.69) is 9.71 Å². The van der Waals surface area contributed by atoms with E-state index in [1.165, 1.54) is 12.1 Å². The zero-order chi connectivity index (χ0) is 20.8. The molecule has 148 valence electrons. The number of hydrogen-bond donors (Lipinski definition) is 1. The molecule has 29 heavy (non-hydrogen) atoms. The summed E-state index contributed by atoms with van der Waals surface area (Å²) < 4.78 is 30.2. The number of rotatable bonds is 4. The minimum atomic E-state index is -3.88. The van der Waals surface area contributed by atoms with Crippen LogP contribution in [0.15, 0.2) is 65.8 Å². The highest BCUT2D eigenvalue weighted by atomic mass is 35.5. The molecule has 5 nitrogen and oxygen atoms in total. The predicted octanol–water partition coefficient (Wildman–Crippen LogP) is 5.73. The monoisotopic (exact) mass is 445 g/mol. The first kappa shape index (κ1) is 19.8. The van der Waals surface area contributed by atoms with Crippen molar-refractivity contribution < 1.29 is 8.42 Å². The van der Waals surface area contributed by atoms with E-state index in [4.69, 9.17) is 23.2 Å². The predicted molar refractivity (Wildman–Crippen MR) is 117 cm³/mol. The Kier molecular flexibility index (Phi) is 5.02. The molecule has 2 aromatic carbocycles. The van der Waals surface area contributed by atoms with Gasteiger partial charge in [-0.3, -0.25) is 4.72 Å². The van der Waals surface area contributed by atoms with Gasteiger partial charge in [0.05, 0.1) is 10.7 Å². The summed E-state index contributed by atoms with van der Waals surface area (Å²) in [5.41, 5.74) is 4.53. The standard InChI is InChI=1S/C21H17Cl2N3O2S/c1-13-6-7-26-12-19(24-21(26)8-13)15-4-3-5-16(10-15)25-29(27,28)20-9-14(2)17(22)11-18(20)23/h3-12,25H,1-2H3. The van der Waals surface area contributed by atoms with Crippen molar-refractivity contribution in [1.82, 2.24) is 9.38 Å². The summed E-state index contributed by atoms with van der Waals surface area (Å²) >= 11 is 12.1. The lowest BCUT2D eigenvalue weighted by Gasteiger charge is -2.11. The van der Waals surface area contributed by atoms with Gasteiger partial charge in [0.1, 0.15) is 10.5 Å². The van der Waals surface area contributed by atoms with Crippen molar-refractivity contribution in [3.05, 3.63) is 82.1 Å². The van der Waals surface area contributed by atoms with Crippen LogP contribution in [-0.2, 0) is 10.0 Å². The minimum absolute atomic E-state index is 0.0188. The molecule has 0 fully saturated rings. The molecule has 0 saturated carbocycles. The molecule has 2 heterocycles. The lowest BCUT2D eigenvalue weighted by atomic mass is 10.1. The van der Waals surface area contributed by atoms with Gasteiger partial charge in [0, 0.05) is 28.7 Å². The maximum Gasteiger partial charge on any atom is 0.263 e. The molecule has 1 N–H and O–H groups in total. The number of hydrogen-bond acceptors (Lipinski definition) is 3. The molecular formula is C21H17Cl2N3O2S. The van der Waals surface area contributed by atoms with E-state index in [1.807, 2.05) is 41.9 Å². The highest BCUT2D eigenvalue weighted by Crippen LogP contribution is 2.30. The van der Waals surface area contributed by atoms with Gasteiger partial charge in [-0.1, -0.05) is 35.3 Å². The summed E-state index contributed by atoms with van der Waals surface area (Å²) in [6, 6.07) is 14.0. The zero-order valence-corrected chi connectivity index (χ0v) is 18.0. The number of anilines is 1. The van der Waals surface area contributed by atoms with Crippen LogP contribution in [0.5, 0.6) is 0 Å². The van der Waals surface area contributed by atoms with Crippen LogP contribution in [0.3, 0.4) is 0 Å². The highest BCUT2D eigenvalue weighted by Gasteiger charge is 2.20. The number of nitrogens with zero attached hydrogens (tertiary/aromatic N) is 2. The number of aryl methyl sites for hydroxylation is 2. The van der Waals surface area contributed by atoms with Crippen LogP contribution >= 0.6 is 23.2 Å². The molecule has 4 aromatic rings. The third kappa shape index (κ3) is 3.96. The van der Waals surface area contributed by atoms with Crippen molar-refractivity contribution in [2.75, 3.05) is 4.72 Å². The van der Waals surface area contributed by atoms with Gasteiger partial charge in [0.2, 0.25) is 0 Å². The van der Waals surface area contributed by atoms with Crippen LogP contribution < -0.4 is 4.72 Å². The van der Waals surface area contributed by atoms with Gasteiger partial charge in [0.15, 0.2) is 0 Å². The first-order valence-corrected chi connectivity index (χ1v) is 11.0. The van der Waals surface area contributed by atoms with Crippen LogP contribution in [0.2, 0.25) is 10.0 Å². The van der Waals surface area contributed by atoms with Crippen molar-refractivity contribution in [2.45, 2.75) is 18.7 Å². The first-order valence-electron chi connectivity index (χ1n) is 8.77. The van der Waals surface area contributed by atoms with Gasteiger partial charge in [-0.15, -0.1) is 0 Å². The van der Waals surface area contributed by atoms with Crippen molar-refractivity contribution in [1.29, 1.82) is 0 Å². The maximum absolute atomic E-state index is 12.9. The molecule has 4 rings (SSSR count). The Morgan fingerprint density at radius 3 is 2.59 bits per heavy atom. The SMILES string of the molecule is Cc1ccn2cc(-c3cccc(NS(=O)(=O)c4cc(C)c(Cl)cc4Cl)c3)nc2c1. The zero-order valence-electron chi connectivity index (χ0n) is 15.6. The third-order valence-corrected chi connectivity index (χ3v) is 6.78. The van der Waals surface area contributed by atoms with Crippen LogP contribution in [0.1, 0.15) is 11.1 Å². The molecule has 0 aliphatic rings. The van der Waals surface area contributed by atoms with E-state index < -0.39 is 10.0 Å². The second-order valence-electron chi connectivity index (χ2n) is 6.81. The largest absolute Gasteiger partial charge is 0.306 e. The summed E-state index contributed by atoms with van der Waals surface area (Å²) in [7, 11) is -3.88. The summed E-state index contributed by atoms with van der Waals surface area (Å²) in [6.07, 6.45) is 3.85. The van der Waals surface area contributed by atoms with Gasteiger partial charge in [-0.25, -0.2) is 13.4 Å². The summed E-state index contributed by atoms with van der Waals surface area (Å²) in [6.45, 7) is 3.73. The van der Waals surface area contributed by atoms with Crippen molar-refractivity contribution in [2.24, 2.45) is 0 Å². The van der Waals surface area contributed by atoms with Crippen molar-refractivity contribution >= 4 is 44.6 Å². The second-order valence-corrected chi connectivity index (χ2v) is 9.28. The Balaban J connectivity index is 1.69. The molecule has 0 unspecified atom stereocenters. The van der Waals surface area contributed by atoms with Crippen LogP contribution in [0, 0.1) is 13.8 Å². The Morgan fingerprint density at radius 1 is 1.00 bits per heavy atom. The van der Waals surface area contributed by atoms with E-state index in [0.717, 1.165) is 22.5 Å². The normalized spacial score (nSPS) is 11.7. The fourth-order valence-electron chi connectivity index (χ4n) is 3.01. The average molecular weight is 446 g/mol. The number of imidazole rings is 1. The first-order chi connectivity index (χ1) is 13.7. The topological polar surface area (TPSA) is 63.5 Å². The van der Waals surface area contributed by atoms with Crippen LogP contribution in [-0.4, -0.2) is 17.8 Å². The fraction of sp³-hybridized carbons (Fsp3) is 0.0952. The fourth-order valence-corrected chi connectivity index (χ4v) is 4.89. The Labute approximate surface area is 179 Å². The number of aromatic nitrogens is 2.